The number of benzene rings is 1. The molecule has 1 unspecified atom stereocenters. The predicted molar refractivity (Wildman–Crippen MR) is 82.5 cm³/mol. The smallest absolute Gasteiger partial charge is 0.240 e. The molecule has 0 bridgehead atoms. The van der Waals surface area contributed by atoms with Crippen molar-refractivity contribution in [2.75, 3.05) is 0 Å². The van der Waals surface area contributed by atoms with Gasteiger partial charge in [0.05, 0.1) is 11.9 Å². The van der Waals surface area contributed by atoms with Crippen LogP contribution >= 0.6 is 0 Å². The number of para-hydroxylation sites is 1. The predicted octanol–water partition coefficient (Wildman–Crippen LogP) is 1.71. The first-order valence-electron chi connectivity index (χ1n) is 7.05. The van der Waals surface area contributed by atoms with Gasteiger partial charge >= 0.3 is 0 Å². The van der Waals surface area contributed by atoms with Crippen molar-refractivity contribution in [3.8, 4) is 5.69 Å². The normalized spacial score (nSPS) is 12.2. The summed E-state index contributed by atoms with van der Waals surface area (Å²) in [5.74, 6) is 0.415. The molecule has 3 rings (SSSR count). The first-order valence-corrected chi connectivity index (χ1v) is 7.05. The molecule has 0 aliphatic carbocycles. The number of hydrogen-bond acceptors (Lipinski definition) is 3. The van der Waals surface area contributed by atoms with Crippen LogP contribution in [0.4, 0.5) is 0 Å². The number of imidazole rings is 1. The summed E-state index contributed by atoms with van der Waals surface area (Å²) < 4.78 is 3.61. The van der Waals surface area contributed by atoms with E-state index in [4.69, 9.17) is 5.73 Å². The number of rotatable bonds is 5. The lowest BCUT2D eigenvalue weighted by atomic mass is 10.2. The molecular formula is C16H17N5O. The van der Waals surface area contributed by atoms with Crippen LogP contribution in [0.1, 0.15) is 24.4 Å². The molecule has 1 aromatic carbocycles. The van der Waals surface area contributed by atoms with Gasteiger partial charge in [0.15, 0.2) is 0 Å². The molecule has 0 saturated carbocycles. The van der Waals surface area contributed by atoms with Crippen molar-refractivity contribution in [1.82, 2.24) is 19.3 Å². The summed E-state index contributed by atoms with van der Waals surface area (Å²) >= 11 is 0. The summed E-state index contributed by atoms with van der Waals surface area (Å²) in [6.45, 7) is 1.76. The molecular weight excluding hydrogens is 278 g/mol. The Balaban J connectivity index is 1.82. The number of primary amides is 1. The van der Waals surface area contributed by atoms with Gasteiger partial charge in [-0.3, -0.25) is 4.79 Å². The van der Waals surface area contributed by atoms with E-state index in [9.17, 15) is 4.79 Å². The Morgan fingerprint density at radius 2 is 2.09 bits per heavy atom. The Hall–Kier alpha value is -2.89. The Kier molecular flexibility index (Phi) is 3.74. The maximum Gasteiger partial charge on any atom is 0.240 e. The van der Waals surface area contributed by atoms with E-state index in [0.717, 1.165) is 17.1 Å². The number of hydrogen-bond donors (Lipinski definition) is 1. The van der Waals surface area contributed by atoms with Crippen molar-refractivity contribution in [2.45, 2.75) is 19.4 Å². The Morgan fingerprint density at radius 3 is 2.82 bits per heavy atom. The molecule has 3 aromatic rings. The number of aromatic nitrogens is 4. The molecule has 112 valence electrons. The maximum atomic E-state index is 11.3. The van der Waals surface area contributed by atoms with Crippen molar-refractivity contribution in [2.24, 2.45) is 5.73 Å². The summed E-state index contributed by atoms with van der Waals surface area (Å²) in [4.78, 5) is 15.7. The number of amides is 1. The number of carbonyl (C=O) groups is 1. The molecule has 0 saturated heterocycles. The summed E-state index contributed by atoms with van der Waals surface area (Å²) in [5.41, 5.74) is 7.39. The highest BCUT2D eigenvalue weighted by Crippen LogP contribution is 2.14. The van der Waals surface area contributed by atoms with Crippen LogP contribution in [0.25, 0.3) is 5.69 Å². The molecule has 6 nitrogen and oxygen atoms in total. The van der Waals surface area contributed by atoms with Crippen molar-refractivity contribution in [3.05, 3.63) is 66.5 Å². The van der Waals surface area contributed by atoms with Gasteiger partial charge in [-0.1, -0.05) is 18.2 Å². The van der Waals surface area contributed by atoms with Gasteiger partial charge in [0.2, 0.25) is 5.91 Å². The van der Waals surface area contributed by atoms with E-state index in [-0.39, 0.29) is 5.91 Å². The highest BCUT2D eigenvalue weighted by atomic mass is 16.1. The first-order chi connectivity index (χ1) is 10.6. The van der Waals surface area contributed by atoms with Crippen LogP contribution in [0.3, 0.4) is 0 Å². The molecule has 2 heterocycles. The van der Waals surface area contributed by atoms with Gasteiger partial charge in [0, 0.05) is 25.0 Å². The van der Waals surface area contributed by atoms with Gasteiger partial charge in [-0.05, 0) is 24.6 Å². The third-order valence-corrected chi connectivity index (χ3v) is 3.60. The lowest BCUT2D eigenvalue weighted by Gasteiger charge is -2.12. The van der Waals surface area contributed by atoms with Crippen LogP contribution in [-0.4, -0.2) is 25.2 Å². The average molecular weight is 295 g/mol. The molecule has 0 aliphatic heterocycles. The van der Waals surface area contributed by atoms with Crippen molar-refractivity contribution >= 4 is 5.91 Å². The lowest BCUT2D eigenvalue weighted by molar-refractivity contribution is -0.120. The van der Waals surface area contributed by atoms with Crippen LogP contribution in [-0.2, 0) is 11.2 Å². The first kappa shape index (κ1) is 14.1. The van der Waals surface area contributed by atoms with Gasteiger partial charge < -0.3 is 10.3 Å². The summed E-state index contributed by atoms with van der Waals surface area (Å²) in [5, 5.41) is 4.36. The van der Waals surface area contributed by atoms with Crippen LogP contribution in [0.15, 0.2) is 55.1 Å². The average Bonchev–Trinajstić information content (AvgIpc) is 3.17. The summed E-state index contributed by atoms with van der Waals surface area (Å²) in [7, 11) is 0. The highest BCUT2D eigenvalue weighted by Gasteiger charge is 2.15. The molecule has 0 fully saturated rings. The zero-order valence-corrected chi connectivity index (χ0v) is 12.3. The SMILES string of the molecule is CC(C(N)=O)n1ccnc1Cc1cnn(-c2ccccc2)c1. The van der Waals surface area contributed by atoms with E-state index in [1.54, 1.807) is 30.1 Å². The molecule has 22 heavy (non-hydrogen) atoms. The van der Waals surface area contributed by atoms with Crippen LogP contribution in [0.2, 0.25) is 0 Å². The molecule has 1 atom stereocenters. The fraction of sp³-hybridized carbons (Fsp3) is 0.188. The van der Waals surface area contributed by atoms with Gasteiger partial charge in [0.25, 0.3) is 0 Å². The minimum absolute atomic E-state index is 0.376. The quantitative estimate of drug-likeness (QED) is 0.778. The standard InChI is InChI=1S/C16H17N5O/c1-12(16(17)22)20-8-7-18-15(20)9-13-10-19-21(11-13)14-5-3-2-4-6-14/h2-8,10-12H,9H2,1H3,(H2,17,22). The zero-order valence-electron chi connectivity index (χ0n) is 12.3. The van der Waals surface area contributed by atoms with Gasteiger partial charge in [0.1, 0.15) is 11.9 Å². The van der Waals surface area contributed by atoms with Crippen molar-refractivity contribution in [1.29, 1.82) is 0 Å². The number of carbonyl (C=O) groups excluding carboxylic acids is 1. The van der Waals surface area contributed by atoms with Gasteiger partial charge in [-0.25, -0.2) is 9.67 Å². The van der Waals surface area contributed by atoms with E-state index in [0.29, 0.717) is 6.42 Å². The largest absolute Gasteiger partial charge is 0.368 e. The summed E-state index contributed by atoms with van der Waals surface area (Å²) in [6.07, 6.45) is 7.81. The van der Waals surface area contributed by atoms with E-state index >= 15 is 0 Å². The number of nitrogens with zero attached hydrogens (tertiary/aromatic N) is 4. The van der Waals surface area contributed by atoms with E-state index in [2.05, 4.69) is 10.1 Å². The second kappa shape index (κ2) is 5.85. The summed E-state index contributed by atoms with van der Waals surface area (Å²) in [6, 6.07) is 9.48. The van der Waals surface area contributed by atoms with Gasteiger partial charge in [-0.2, -0.15) is 5.10 Å². The molecule has 2 N–H and O–H groups in total. The molecule has 0 aliphatic rings. The Morgan fingerprint density at radius 1 is 1.32 bits per heavy atom. The topological polar surface area (TPSA) is 78.7 Å². The third kappa shape index (κ3) is 2.76. The van der Waals surface area contributed by atoms with Gasteiger partial charge in [-0.15, -0.1) is 0 Å². The molecule has 1 amide bonds. The number of nitrogens with two attached hydrogens (primary N) is 1. The van der Waals surface area contributed by atoms with Crippen molar-refractivity contribution in [3.63, 3.8) is 0 Å². The molecule has 0 spiro atoms. The third-order valence-electron chi connectivity index (χ3n) is 3.60. The zero-order chi connectivity index (χ0) is 15.5. The lowest BCUT2D eigenvalue weighted by Crippen LogP contribution is -2.25. The minimum atomic E-state index is -0.415. The fourth-order valence-electron chi connectivity index (χ4n) is 2.33. The Bertz CT molecular complexity index is 775. The van der Waals surface area contributed by atoms with E-state index < -0.39 is 6.04 Å². The minimum Gasteiger partial charge on any atom is -0.368 e. The van der Waals surface area contributed by atoms with Crippen molar-refractivity contribution < 1.29 is 4.79 Å². The highest BCUT2D eigenvalue weighted by molar-refractivity contribution is 5.77. The Labute approximate surface area is 128 Å². The molecule has 6 heteroatoms. The van der Waals surface area contributed by atoms with E-state index in [1.807, 2.05) is 41.2 Å². The molecule has 2 aromatic heterocycles. The molecule has 0 radical (unpaired) electrons. The van der Waals surface area contributed by atoms with E-state index in [1.165, 1.54) is 0 Å². The van der Waals surface area contributed by atoms with Crippen LogP contribution in [0.5, 0.6) is 0 Å². The second-order valence-corrected chi connectivity index (χ2v) is 5.13. The van der Waals surface area contributed by atoms with Crippen LogP contribution in [0, 0.1) is 0 Å². The van der Waals surface area contributed by atoms with Crippen LogP contribution < -0.4 is 5.73 Å². The fourth-order valence-corrected chi connectivity index (χ4v) is 2.33. The second-order valence-electron chi connectivity index (χ2n) is 5.13. The maximum absolute atomic E-state index is 11.3. The monoisotopic (exact) mass is 295 g/mol.